The fourth-order valence-electron chi connectivity index (χ4n) is 4.43. The minimum atomic E-state index is -2.76. The number of anilines is 1. The van der Waals surface area contributed by atoms with Gasteiger partial charge >= 0.3 is 17.5 Å². The van der Waals surface area contributed by atoms with Crippen molar-refractivity contribution in [1.82, 2.24) is 4.57 Å². The molecular formula is C29H28N2O6. The van der Waals surface area contributed by atoms with Gasteiger partial charge in [-0.1, -0.05) is 54.6 Å². The third-order valence-corrected chi connectivity index (χ3v) is 6.07. The van der Waals surface area contributed by atoms with E-state index >= 15 is 0 Å². The normalized spacial score (nSPS) is 11.2. The molecule has 1 heterocycles. The Hall–Kier alpha value is -4.43. The first-order valence-corrected chi connectivity index (χ1v) is 11.9. The molecule has 0 unspecified atom stereocenters. The van der Waals surface area contributed by atoms with E-state index < -0.39 is 17.5 Å². The molecule has 190 valence electrons. The van der Waals surface area contributed by atoms with Crippen molar-refractivity contribution in [2.24, 2.45) is 7.05 Å². The smallest absolute Gasteiger partial charge is 0.356 e. The van der Waals surface area contributed by atoms with Gasteiger partial charge < -0.3 is 24.5 Å². The lowest BCUT2D eigenvalue weighted by atomic mass is 9.90. The van der Waals surface area contributed by atoms with Crippen LogP contribution in [-0.4, -0.2) is 40.7 Å². The number of nitrogens with zero attached hydrogens (tertiary/aromatic N) is 1. The van der Waals surface area contributed by atoms with E-state index in [1.165, 1.54) is 0 Å². The monoisotopic (exact) mass is 500 g/mol. The van der Waals surface area contributed by atoms with Crippen LogP contribution in [0.1, 0.15) is 29.9 Å². The molecule has 0 saturated carbocycles. The maximum atomic E-state index is 13.2. The molecule has 0 atom stereocenters. The SMILES string of the molecule is CCOC(=O)C(O)(C(=O)OCC)c1c(-c2ccccc2NC(=O)c2ccccc2)c2ccccc2n1C. The number of carbonyl (C=O) groups is 3. The van der Waals surface area contributed by atoms with Gasteiger partial charge in [0.25, 0.3) is 5.91 Å². The molecule has 37 heavy (non-hydrogen) atoms. The highest BCUT2D eigenvalue weighted by Crippen LogP contribution is 2.43. The van der Waals surface area contributed by atoms with Crippen LogP contribution in [0.15, 0.2) is 78.9 Å². The van der Waals surface area contributed by atoms with Crippen LogP contribution < -0.4 is 5.32 Å². The molecule has 0 aliphatic rings. The fraction of sp³-hybridized carbons (Fsp3) is 0.207. The van der Waals surface area contributed by atoms with Gasteiger partial charge in [0, 0.05) is 40.3 Å². The van der Waals surface area contributed by atoms with Crippen molar-refractivity contribution in [3.63, 3.8) is 0 Å². The van der Waals surface area contributed by atoms with Gasteiger partial charge in [0.05, 0.1) is 18.9 Å². The van der Waals surface area contributed by atoms with Crippen molar-refractivity contribution in [3.8, 4) is 11.1 Å². The molecule has 4 rings (SSSR count). The second kappa shape index (κ2) is 10.7. The topological polar surface area (TPSA) is 107 Å². The highest BCUT2D eigenvalue weighted by atomic mass is 16.6. The van der Waals surface area contributed by atoms with Crippen molar-refractivity contribution in [2.45, 2.75) is 19.4 Å². The van der Waals surface area contributed by atoms with Gasteiger partial charge in [0.1, 0.15) is 0 Å². The minimum absolute atomic E-state index is 0.0213. The first-order valence-electron chi connectivity index (χ1n) is 11.9. The van der Waals surface area contributed by atoms with Gasteiger partial charge in [0.2, 0.25) is 0 Å². The summed E-state index contributed by atoms with van der Waals surface area (Å²) in [6.45, 7) is 3.06. The second-order valence-corrected chi connectivity index (χ2v) is 8.32. The zero-order chi connectivity index (χ0) is 26.6. The fourth-order valence-corrected chi connectivity index (χ4v) is 4.43. The first-order chi connectivity index (χ1) is 17.8. The molecule has 0 radical (unpaired) electrons. The van der Waals surface area contributed by atoms with Crippen LogP contribution >= 0.6 is 0 Å². The number of nitrogens with one attached hydrogen (secondary N) is 1. The van der Waals surface area contributed by atoms with E-state index in [0.29, 0.717) is 33.3 Å². The van der Waals surface area contributed by atoms with Crippen LogP contribution in [0.25, 0.3) is 22.0 Å². The van der Waals surface area contributed by atoms with Crippen LogP contribution in [0.4, 0.5) is 5.69 Å². The number of para-hydroxylation sites is 2. The van der Waals surface area contributed by atoms with Gasteiger partial charge in [-0.3, -0.25) is 4.79 Å². The van der Waals surface area contributed by atoms with Crippen molar-refractivity contribution in [1.29, 1.82) is 0 Å². The van der Waals surface area contributed by atoms with E-state index in [2.05, 4.69) is 5.32 Å². The summed E-state index contributed by atoms with van der Waals surface area (Å²) in [7, 11) is 1.65. The van der Waals surface area contributed by atoms with Crippen molar-refractivity contribution < 1.29 is 29.0 Å². The molecule has 0 fully saturated rings. The van der Waals surface area contributed by atoms with Crippen molar-refractivity contribution in [3.05, 3.63) is 90.1 Å². The lowest BCUT2D eigenvalue weighted by Crippen LogP contribution is -2.47. The number of ether oxygens (including phenoxy) is 2. The predicted molar refractivity (Wildman–Crippen MR) is 140 cm³/mol. The van der Waals surface area contributed by atoms with E-state index in [1.807, 2.05) is 30.3 Å². The summed E-state index contributed by atoms with van der Waals surface area (Å²) in [6.07, 6.45) is 0. The van der Waals surface area contributed by atoms with Gasteiger partial charge in [0.15, 0.2) is 0 Å². The molecular weight excluding hydrogens is 472 g/mol. The Balaban J connectivity index is 2.00. The van der Waals surface area contributed by atoms with E-state index in [0.717, 1.165) is 0 Å². The summed E-state index contributed by atoms with van der Waals surface area (Å²) in [4.78, 5) is 39.4. The van der Waals surface area contributed by atoms with Gasteiger partial charge in [-0.2, -0.15) is 0 Å². The average Bonchev–Trinajstić information content (AvgIpc) is 3.21. The maximum absolute atomic E-state index is 13.2. The number of esters is 2. The molecule has 8 nitrogen and oxygen atoms in total. The van der Waals surface area contributed by atoms with Crippen LogP contribution in [0.5, 0.6) is 0 Å². The molecule has 2 N–H and O–H groups in total. The first kappa shape index (κ1) is 25.7. The molecule has 4 aromatic rings. The molecule has 8 heteroatoms. The quantitative estimate of drug-likeness (QED) is 0.274. The minimum Gasteiger partial charge on any atom is -0.463 e. The number of hydrogen-bond donors (Lipinski definition) is 2. The zero-order valence-corrected chi connectivity index (χ0v) is 20.9. The van der Waals surface area contributed by atoms with E-state index in [9.17, 15) is 19.5 Å². The summed E-state index contributed by atoms with van der Waals surface area (Å²) in [5.74, 6) is -2.63. The number of hydrogen-bond acceptors (Lipinski definition) is 6. The molecule has 0 aliphatic heterocycles. The average molecular weight is 501 g/mol. The van der Waals surface area contributed by atoms with E-state index in [1.54, 1.807) is 74.0 Å². The standard InChI is InChI=1S/C29H28N2O6/c1-4-36-27(33)29(35,28(34)37-5-2)25-24(21-16-10-12-18-23(21)31(25)3)20-15-9-11-17-22(20)30-26(32)19-13-7-6-8-14-19/h6-18,35H,4-5H2,1-3H3,(H,30,32). The summed E-state index contributed by atoms with van der Waals surface area (Å²) in [5.41, 5.74) is -0.327. The summed E-state index contributed by atoms with van der Waals surface area (Å²) in [5, 5.41) is 15.4. The number of fused-ring (bicyclic) bond motifs is 1. The number of aromatic nitrogens is 1. The zero-order valence-electron chi connectivity index (χ0n) is 20.9. The van der Waals surface area contributed by atoms with Crippen LogP contribution in [0.2, 0.25) is 0 Å². The van der Waals surface area contributed by atoms with Crippen LogP contribution in [-0.2, 0) is 31.7 Å². The highest BCUT2D eigenvalue weighted by molar-refractivity contribution is 6.12. The Labute approximate surface area is 214 Å². The van der Waals surface area contributed by atoms with Crippen molar-refractivity contribution >= 4 is 34.4 Å². The van der Waals surface area contributed by atoms with Crippen LogP contribution in [0.3, 0.4) is 0 Å². The van der Waals surface area contributed by atoms with E-state index in [-0.39, 0.29) is 24.8 Å². The van der Waals surface area contributed by atoms with Crippen molar-refractivity contribution in [2.75, 3.05) is 18.5 Å². The molecule has 0 spiro atoms. The summed E-state index contributed by atoms with van der Waals surface area (Å²) in [6, 6.07) is 23.0. The lowest BCUT2D eigenvalue weighted by Gasteiger charge is -2.26. The molecule has 0 saturated heterocycles. The molecule has 0 bridgehead atoms. The number of carbonyl (C=O) groups excluding carboxylic acids is 3. The maximum Gasteiger partial charge on any atom is 0.356 e. The van der Waals surface area contributed by atoms with Gasteiger partial charge in [-0.15, -0.1) is 0 Å². The summed E-state index contributed by atoms with van der Waals surface area (Å²) >= 11 is 0. The molecule has 0 aliphatic carbocycles. The number of amides is 1. The Morgan fingerprint density at radius 3 is 2.05 bits per heavy atom. The van der Waals surface area contributed by atoms with E-state index in [4.69, 9.17) is 9.47 Å². The largest absolute Gasteiger partial charge is 0.463 e. The number of rotatable bonds is 8. The lowest BCUT2D eigenvalue weighted by molar-refractivity contribution is -0.185. The Kier molecular flexibility index (Phi) is 7.40. The third-order valence-electron chi connectivity index (χ3n) is 6.07. The van der Waals surface area contributed by atoms with Gasteiger partial charge in [-0.05, 0) is 38.1 Å². The third kappa shape index (κ3) is 4.59. The number of benzene rings is 3. The summed E-state index contributed by atoms with van der Waals surface area (Å²) < 4.78 is 11.9. The highest BCUT2D eigenvalue weighted by Gasteiger charge is 2.53. The second-order valence-electron chi connectivity index (χ2n) is 8.32. The molecule has 1 amide bonds. The molecule has 3 aromatic carbocycles. The van der Waals surface area contributed by atoms with Crippen LogP contribution in [0, 0.1) is 0 Å². The van der Waals surface area contributed by atoms with Gasteiger partial charge in [-0.25, -0.2) is 9.59 Å². The Morgan fingerprint density at radius 2 is 1.41 bits per heavy atom. The number of aryl methyl sites for hydroxylation is 1. The number of aliphatic hydroxyl groups is 1. The Morgan fingerprint density at radius 1 is 0.838 bits per heavy atom. The molecule has 1 aromatic heterocycles. The Bertz CT molecular complexity index is 1440. The predicted octanol–water partition coefficient (Wildman–Crippen LogP) is 4.41.